The molecule has 0 spiro atoms. The van der Waals surface area contributed by atoms with Gasteiger partial charge in [-0.25, -0.2) is 0 Å². The lowest BCUT2D eigenvalue weighted by Crippen LogP contribution is -2.45. The number of nitrogens with two attached hydrogens (primary N) is 1. The van der Waals surface area contributed by atoms with E-state index in [-0.39, 0.29) is 29.0 Å². The van der Waals surface area contributed by atoms with Crippen molar-refractivity contribution in [2.45, 2.75) is 163 Å². The van der Waals surface area contributed by atoms with Crippen LogP contribution < -0.4 is 11.1 Å². The lowest BCUT2D eigenvalue weighted by atomic mass is 9.80. The summed E-state index contributed by atoms with van der Waals surface area (Å²) in [4.78, 5) is 24.7. The summed E-state index contributed by atoms with van der Waals surface area (Å²) in [5, 5.41) is 25.1. The van der Waals surface area contributed by atoms with Gasteiger partial charge in [0.2, 0.25) is 17.7 Å². The molecule has 0 saturated carbocycles. The number of ether oxygens (including phenoxy) is 1. The van der Waals surface area contributed by atoms with Crippen molar-refractivity contribution in [1.29, 1.82) is 0 Å². The summed E-state index contributed by atoms with van der Waals surface area (Å²) in [6.45, 7) is 20.9. The Morgan fingerprint density at radius 3 is 2.10 bits per heavy atom. The number of nitrogens with one attached hydrogen (secondary N) is 1. The molecule has 0 radical (unpaired) electrons. The molecular weight excluding hydrogens is 602 g/mol. The zero-order valence-electron chi connectivity index (χ0n) is 31.8. The lowest BCUT2D eigenvalue weighted by Gasteiger charge is -2.33. The fourth-order valence-corrected chi connectivity index (χ4v) is 6.22. The van der Waals surface area contributed by atoms with Gasteiger partial charge in [-0.2, -0.15) is 0 Å². The molecule has 48 heavy (non-hydrogen) atoms. The Bertz CT molecular complexity index is 1310. The summed E-state index contributed by atoms with van der Waals surface area (Å²) in [6.07, 6.45) is 10.8. The van der Waals surface area contributed by atoms with E-state index in [1.54, 1.807) is 6.07 Å². The normalized spacial score (nSPS) is 13.5. The van der Waals surface area contributed by atoms with E-state index < -0.39 is 16.6 Å². The first-order valence-electron chi connectivity index (χ1n) is 18.2. The van der Waals surface area contributed by atoms with Crippen molar-refractivity contribution in [3.63, 3.8) is 0 Å². The van der Waals surface area contributed by atoms with Crippen LogP contribution >= 0.6 is 0 Å². The van der Waals surface area contributed by atoms with Crippen LogP contribution in [0.25, 0.3) is 5.69 Å². The average Bonchev–Trinajstić information content (AvgIpc) is 3.27. The summed E-state index contributed by atoms with van der Waals surface area (Å²) in [5.41, 5.74) is 6.40. The molecule has 0 bridgehead atoms. The van der Waals surface area contributed by atoms with Crippen molar-refractivity contribution in [3.8, 4) is 17.4 Å². The van der Waals surface area contributed by atoms with Crippen LogP contribution in [0.4, 0.5) is 0 Å². The van der Waals surface area contributed by atoms with E-state index in [4.69, 9.17) is 10.5 Å². The van der Waals surface area contributed by atoms with Crippen molar-refractivity contribution in [3.05, 3.63) is 41.5 Å². The quantitative estimate of drug-likeness (QED) is 0.0932. The SMILES string of the molecule is CCCCCC(CCC)Cc1cc(O)n(-c2ccc(C(C)(C)CCC(=O)NC(C)(C)CCC(C)(C)OCCC(C)(C)C(N)=O)cc2)c1O. The fourth-order valence-electron chi connectivity index (χ4n) is 6.22. The molecule has 2 rings (SSSR count). The van der Waals surface area contributed by atoms with Crippen LogP contribution in [0.1, 0.15) is 151 Å². The highest BCUT2D eigenvalue weighted by molar-refractivity contribution is 5.79. The molecule has 8 heteroatoms. The average molecular weight is 670 g/mol. The first kappa shape index (κ1) is 41.2. The van der Waals surface area contributed by atoms with Crippen LogP contribution in [0.3, 0.4) is 0 Å². The van der Waals surface area contributed by atoms with Crippen molar-refractivity contribution < 1.29 is 24.5 Å². The molecule has 0 aliphatic rings. The summed E-state index contributed by atoms with van der Waals surface area (Å²) in [5.74, 6) is 0.324. The number of aromatic hydroxyl groups is 2. The summed E-state index contributed by atoms with van der Waals surface area (Å²) >= 11 is 0. The number of carbonyl (C=O) groups is 2. The highest BCUT2D eigenvalue weighted by Gasteiger charge is 2.30. The fraction of sp³-hybridized carbons (Fsp3) is 0.700. The third kappa shape index (κ3) is 12.8. The Balaban J connectivity index is 1.96. The number of nitrogens with zero attached hydrogens (tertiary/aromatic N) is 1. The summed E-state index contributed by atoms with van der Waals surface area (Å²) in [6, 6.07) is 9.59. The zero-order chi connectivity index (χ0) is 36.3. The molecule has 2 aromatic rings. The number of aromatic nitrogens is 1. The Hall–Kier alpha value is -3.00. The van der Waals surface area contributed by atoms with Gasteiger partial charge in [-0.1, -0.05) is 92.2 Å². The number of carbonyl (C=O) groups excluding carboxylic acids is 2. The maximum Gasteiger partial charge on any atom is 0.223 e. The molecule has 1 heterocycles. The van der Waals surface area contributed by atoms with E-state index in [2.05, 4.69) is 33.0 Å². The van der Waals surface area contributed by atoms with Crippen molar-refractivity contribution in [2.75, 3.05) is 6.61 Å². The Labute approximate surface area is 291 Å². The second-order valence-corrected chi connectivity index (χ2v) is 16.5. The molecule has 5 N–H and O–H groups in total. The number of primary amides is 1. The van der Waals surface area contributed by atoms with Gasteiger partial charge in [0.25, 0.3) is 0 Å². The second kappa shape index (κ2) is 17.6. The van der Waals surface area contributed by atoms with Crippen LogP contribution in [0.15, 0.2) is 30.3 Å². The van der Waals surface area contributed by atoms with Gasteiger partial charge in [-0.05, 0) is 88.8 Å². The predicted octanol–water partition coefficient (Wildman–Crippen LogP) is 8.86. The van der Waals surface area contributed by atoms with Gasteiger partial charge in [0.1, 0.15) is 0 Å². The minimum Gasteiger partial charge on any atom is -0.494 e. The Kier molecular flexibility index (Phi) is 15.1. The van der Waals surface area contributed by atoms with Gasteiger partial charge >= 0.3 is 0 Å². The van der Waals surface area contributed by atoms with E-state index in [1.807, 2.05) is 65.8 Å². The van der Waals surface area contributed by atoms with Gasteiger partial charge in [0.15, 0.2) is 5.88 Å². The van der Waals surface area contributed by atoms with Crippen LogP contribution in [0, 0.1) is 11.3 Å². The van der Waals surface area contributed by atoms with Gasteiger partial charge in [0.05, 0.1) is 11.3 Å². The van der Waals surface area contributed by atoms with Gasteiger partial charge in [-0.15, -0.1) is 0 Å². The highest BCUT2D eigenvalue weighted by atomic mass is 16.5. The molecule has 272 valence electrons. The van der Waals surface area contributed by atoms with Crippen LogP contribution in [-0.2, 0) is 26.2 Å². The zero-order valence-corrected chi connectivity index (χ0v) is 31.8. The third-order valence-electron chi connectivity index (χ3n) is 10.1. The number of rotatable bonds is 22. The largest absolute Gasteiger partial charge is 0.494 e. The highest BCUT2D eigenvalue weighted by Crippen LogP contribution is 2.36. The third-order valence-corrected chi connectivity index (χ3v) is 10.1. The molecule has 8 nitrogen and oxygen atoms in total. The lowest BCUT2D eigenvalue weighted by molar-refractivity contribution is -0.128. The van der Waals surface area contributed by atoms with E-state index in [9.17, 15) is 19.8 Å². The predicted molar refractivity (Wildman–Crippen MR) is 197 cm³/mol. The number of unbranched alkanes of at least 4 members (excludes halogenated alkanes) is 2. The summed E-state index contributed by atoms with van der Waals surface area (Å²) in [7, 11) is 0. The molecule has 0 saturated heterocycles. The van der Waals surface area contributed by atoms with Gasteiger partial charge < -0.3 is 26.0 Å². The van der Waals surface area contributed by atoms with Gasteiger partial charge in [-0.3, -0.25) is 14.2 Å². The maximum absolute atomic E-state index is 13.1. The molecule has 0 fully saturated rings. The smallest absolute Gasteiger partial charge is 0.223 e. The maximum atomic E-state index is 13.1. The van der Waals surface area contributed by atoms with E-state index in [0.717, 1.165) is 49.7 Å². The number of hydrogen-bond donors (Lipinski definition) is 4. The van der Waals surface area contributed by atoms with Crippen molar-refractivity contribution in [2.24, 2.45) is 17.1 Å². The molecule has 1 aromatic carbocycles. The van der Waals surface area contributed by atoms with Crippen molar-refractivity contribution in [1.82, 2.24) is 9.88 Å². The Morgan fingerprint density at radius 1 is 0.875 bits per heavy atom. The molecule has 1 aromatic heterocycles. The molecular formula is C40H67N3O5. The Morgan fingerprint density at radius 2 is 1.52 bits per heavy atom. The topological polar surface area (TPSA) is 127 Å². The molecule has 0 aliphatic carbocycles. The number of amides is 2. The minimum absolute atomic E-state index is 0.0115. The summed E-state index contributed by atoms with van der Waals surface area (Å²) < 4.78 is 7.62. The standard InChI is InChI=1S/C40H67N3O5/c1-11-13-14-16-29(15-12-2)27-30-28-34(45)43(35(30)46)32-19-17-31(18-20-32)37(3,4)22-21-33(44)42-39(7,8)23-24-40(9,10)48-26-25-38(5,6)36(41)47/h17-20,28-29,45-46H,11-16,21-27H2,1-10H3,(H2,41,47)(H,42,44). The van der Waals surface area contributed by atoms with Crippen LogP contribution in [-0.4, -0.2) is 44.3 Å². The minimum atomic E-state index is -0.608. The first-order chi connectivity index (χ1) is 22.2. The van der Waals surface area contributed by atoms with Gasteiger partial charge in [0, 0.05) is 35.6 Å². The molecule has 0 aliphatic heterocycles. The van der Waals surface area contributed by atoms with Crippen LogP contribution in [0.5, 0.6) is 11.8 Å². The monoisotopic (exact) mass is 670 g/mol. The van der Waals surface area contributed by atoms with E-state index in [0.29, 0.717) is 37.5 Å². The molecule has 2 amide bonds. The van der Waals surface area contributed by atoms with E-state index in [1.165, 1.54) is 23.8 Å². The molecule has 1 atom stereocenters. The van der Waals surface area contributed by atoms with Crippen molar-refractivity contribution >= 4 is 11.8 Å². The van der Waals surface area contributed by atoms with Crippen LogP contribution in [0.2, 0.25) is 0 Å². The molecule has 1 unspecified atom stereocenters. The second-order valence-electron chi connectivity index (χ2n) is 16.5. The number of benzene rings is 1. The first-order valence-corrected chi connectivity index (χ1v) is 18.2. The number of hydrogen-bond acceptors (Lipinski definition) is 5. The van der Waals surface area contributed by atoms with E-state index >= 15 is 0 Å².